The number of hydrogen-bond donors (Lipinski definition) is 1. The fraction of sp³-hybridized carbons (Fsp3) is 1.00. The van der Waals surface area contributed by atoms with E-state index in [4.69, 9.17) is 0 Å². The summed E-state index contributed by atoms with van der Waals surface area (Å²) in [6.07, 6.45) is 1.32. The van der Waals surface area contributed by atoms with Gasteiger partial charge in [0.05, 0.1) is 0 Å². The Bertz CT molecular complexity index is 202. The molecule has 2 fully saturated rings. The van der Waals surface area contributed by atoms with Gasteiger partial charge in [0.25, 0.3) is 0 Å². The highest BCUT2D eigenvalue weighted by molar-refractivity contribution is 8.00. The minimum atomic E-state index is 0.387. The smallest absolute Gasteiger partial charge is 0.0470 e. The average molecular weight is 186 g/mol. The Kier molecular flexibility index (Phi) is 1.79. The first-order valence-electron chi connectivity index (χ1n) is 4.80. The van der Waals surface area contributed by atoms with Gasteiger partial charge in [0.15, 0.2) is 0 Å². The zero-order valence-electron chi connectivity index (χ0n) is 8.13. The van der Waals surface area contributed by atoms with Crippen molar-refractivity contribution in [3.05, 3.63) is 0 Å². The number of hydrogen-bond acceptors (Lipinski definition) is 2. The van der Waals surface area contributed by atoms with Gasteiger partial charge in [0.2, 0.25) is 0 Å². The van der Waals surface area contributed by atoms with Gasteiger partial charge in [0.1, 0.15) is 0 Å². The Morgan fingerprint density at radius 1 is 1.50 bits per heavy atom. The number of aliphatic hydroxyl groups is 1. The summed E-state index contributed by atoms with van der Waals surface area (Å²) < 4.78 is 0. The van der Waals surface area contributed by atoms with Crippen molar-refractivity contribution in [3.8, 4) is 0 Å². The lowest BCUT2D eigenvalue weighted by atomic mass is 9.90. The lowest BCUT2D eigenvalue weighted by Gasteiger charge is -2.17. The molecule has 0 aromatic heterocycles. The van der Waals surface area contributed by atoms with E-state index in [1.165, 1.54) is 12.2 Å². The summed E-state index contributed by atoms with van der Waals surface area (Å²) in [4.78, 5) is 0. The Hall–Kier alpha value is 0.310. The molecule has 0 aromatic rings. The maximum Gasteiger partial charge on any atom is 0.0470 e. The van der Waals surface area contributed by atoms with Gasteiger partial charge in [-0.3, -0.25) is 0 Å². The van der Waals surface area contributed by atoms with Crippen LogP contribution >= 0.6 is 11.8 Å². The van der Waals surface area contributed by atoms with Crippen LogP contribution in [0.15, 0.2) is 0 Å². The summed E-state index contributed by atoms with van der Waals surface area (Å²) in [7, 11) is 0. The van der Waals surface area contributed by atoms with Crippen LogP contribution in [0.1, 0.15) is 27.2 Å². The third-order valence-electron chi connectivity index (χ3n) is 4.40. The molecule has 2 rings (SSSR count). The van der Waals surface area contributed by atoms with E-state index in [0.717, 1.165) is 5.25 Å². The number of aliphatic hydroxyl groups excluding tert-OH is 1. The van der Waals surface area contributed by atoms with Crippen molar-refractivity contribution in [2.75, 3.05) is 12.4 Å². The molecule has 1 aliphatic carbocycles. The molecule has 1 saturated carbocycles. The molecule has 1 saturated heterocycles. The van der Waals surface area contributed by atoms with Crippen molar-refractivity contribution >= 4 is 11.8 Å². The lowest BCUT2D eigenvalue weighted by Crippen LogP contribution is -2.16. The fourth-order valence-electron chi connectivity index (χ4n) is 3.45. The monoisotopic (exact) mass is 186 g/mol. The molecule has 1 nitrogen and oxygen atoms in total. The van der Waals surface area contributed by atoms with Crippen molar-refractivity contribution in [2.24, 2.45) is 16.7 Å². The van der Waals surface area contributed by atoms with Crippen molar-refractivity contribution < 1.29 is 5.11 Å². The van der Waals surface area contributed by atoms with E-state index >= 15 is 0 Å². The van der Waals surface area contributed by atoms with Crippen LogP contribution in [-0.2, 0) is 0 Å². The Morgan fingerprint density at radius 3 is 2.50 bits per heavy atom. The number of thioether (sulfide) groups is 1. The topological polar surface area (TPSA) is 20.2 Å². The van der Waals surface area contributed by atoms with Gasteiger partial charge in [-0.1, -0.05) is 20.8 Å². The minimum absolute atomic E-state index is 0.387. The molecular weight excluding hydrogens is 168 g/mol. The van der Waals surface area contributed by atoms with Gasteiger partial charge < -0.3 is 5.11 Å². The number of rotatable bonds is 1. The minimum Gasteiger partial charge on any atom is -0.396 e. The standard InChI is InChI=1S/C10H18OS/c1-7-10(4-5-12-7)8(6-11)9(10,2)3/h7-8,11H,4-6H2,1-3H3. The van der Waals surface area contributed by atoms with E-state index in [1.807, 2.05) is 0 Å². The molecule has 0 amide bonds. The van der Waals surface area contributed by atoms with Gasteiger partial charge in [-0.2, -0.15) is 11.8 Å². The maximum atomic E-state index is 9.28. The summed E-state index contributed by atoms with van der Waals surface area (Å²) >= 11 is 2.08. The quantitative estimate of drug-likeness (QED) is 0.677. The molecule has 3 atom stereocenters. The first-order valence-corrected chi connectivity index (χ1v) is 5.84. The molecule has 1 spiro atoms. The normalized spacial score (nSPS) is 50.0. The summed E-state index contributed by atoms with van der Waals surface area (Å²) in [5, 5.41) is 10.0. The van der Waals surface area contributed by atoms with E-state index in [9.17, 15) is 5.11 Å². The Morgan fingerprint density at radius 2 is 2.17 bits per heavy atom. The SMILES string of the molecule is CC1SCCC12C(CO)C2(C)C. The van der Waals surface area contributed by atoms with Gasteiger partial charge in [-0.05, 0) is 28.9 Å². The van der Waals surface area contributed by atoms with Crippen LogP contribution in [-0.4, -0.2) is 22.7 Å². The first kappa shape index (κ1) is 8.89. The highest BCUT2D eigenvalue weighted by Gasteiger charge is 2.73. The zero-order valence-corrected chi connectivity index (χ0v) is 8.95. The van der Waals surface area contributed by atoms with E-state index < -0.39 is 0 Å². The first-order chi connectivity index (χ1) is 5.57. The molecule has 0 bridgehead atoms. The second-order valence-corrected chi connectivity index (χ2v) is 6.21. The van der Waals surface area contributed by atoms with Crippen molar-refractivity contribution in [1.29, 1.82) is 0 Å². The summed E-state index contributed by atoms with van der Waals surface area (Å²) in [6.45, 7) is 7.35. The highest BCUT2D eigenvalue weighted by Crippen LogP contribution is 2.76. The molecule has 1 aliphatic heterocycles. The fourth-order valence-corrected chi connectivity index (χ4v) is 5.15. The molecular formula is C10H18OS. The highest BCUT2D eigenvalue weighted by atomic mass is 32.2. The molecule has 2 aliphatic rings. The largest absolute Gasteiger partial charge is 0.396 e. The molecule has 3 unspecified atom stereocenters. The van der Waals surface area contributed by atoms with Gasteiger partial charge in [0, 0.05) is 11.9 Å². The van der Waals surface area contributed by atoms with Crippen LogP contribution in [0.3, 0.4) is 0 Å². The second-order valence-electron chi connectivity index (χ2n) is 4.76. The van der Waals surface area contributed by atoms with Crippen molar-refractivity contribution in [3.63, 3.8) is 0 Å². The average Bonchev–Trinajstić information content (AvgIpc) is 2.33. The lowest BCUT2D eigenvalue weighted by molar-refractivity contribution is 0.245. The van der Waals surface area contributed by atoms with Crippen LogP contribution < -0.4 is 0 Å². The molecule has 1 heterocycles. The third kappa shape index (κ3) is 0.759. The van der Waals surface area contributed by atoms with Crippen molar-refractivity contribution in [2.45, 2.75) is 32.4 Å². The summed E-state index contributed by atoms with van der Waals surface area (Å²) in [6, 6.07) is 0. The van der Waals surface area contributed by atoms with E-state index in [-0.39, 0.29) is 0 Å². The molecule has 0 radical (unpaired) electrons. The Balaban J connectivity index is 2.24. The van der Waals surface area contributed by atoms with E-state index in [2.05, 4.69) is 32.5 Å². The zero-order chi connectivity index (χ0) is 8.98. The molecule has 12 heavy (non-hydrogen) atoms. The summed E-state index contributed by atoms with van der Waals surface area (Å²) in [5.41, 5.74) is 0.872. The van der Waals surface area contributed by atoms with E-state index in [1.54, 1.807) is 0 Å². The molecule has 2 heteroatoms. The van der Waals surface area contributed by atoms with Gasteiger partial charge in [-0.25, -0.2) is 0 Å². The van der Waals surface area contributed by atoms with Gasteiger partial charge >= 0.3 is 0 Å². The summed E-state index contributed by atoms with van der Waals surface area (Å²) in [5.74, 6) is 1.86. The van der Waals surface area contributed by atoms with Crippen LogP contribution in [0.5, 0.6) is 0 Å². The predicted octanol–water partition coefficient (Wildman–Crippen LogP) is 2.15. The van der Waals surface area contributed by atoms with Crippen LogP contribution in [0.4, 0.5) is 0 Å². The van der Waals surface area contributed by atoms with E-state index in [0.29, 0.717) is 23.4 Å². The predicted molar refractivity (Wildman–Crippen MR) is 53.3 cm³/mol. The molecule has 70 valence electrons. The van der Waals surface area contributed by atoms with Crippen LogP contribution in [0, 0.1) is 16.7 Å². The van der Waals surface area contributed by atoms with Crippen LogP contribution in [0.25, 0.3) is 0 Å². The second kappa shape index (κ2) is 2.42. The third-order valence-corrected chi connectivity index (χ3v) is 5.76. The van der Waals surface area contributed by atoms with Crippen LogP contribution in [0.2, 0.25) is 0 Å². The Labute approximate surface area is 78.9 Å². The maximum absolute atomic E-state index is 9.28. The van der Waals surface area contributed by atoms with Gasteiger partial charge in [-0.15, -0.1) is 0 Å². The molecule has 1 N–H and O–H groups in total. The molecule has 0 aromatic carbocycles. The van der Waals surface area contributed by atoms with Crippen molar-refractivity contribution in [1.82, 2.24) is 0 Å².